The maximum absolute atomic E-state index is 12.3. The van der Waals surface area contributed by atoms with E-state index >= 15 is 0 Å². The van der Waals surface area contributed by atoms with Gasteiger partial charge in [0.15, 0.2) is 0 Å². The van der Waals surface area contributed by atoms with E-state index in [1.54, 1.807) is 14.0 Å². The second-order valence-electron chi connectivity index (χ2n) is 4.73. The van der Waals surface area contributed by atoms with Gasteiger partial charge in [-0.25, -0.2) is 8.42 Å². The average molecular weight is 272 g/mol. The third-order valence-electron chi connectivity index (χ3n) is 3.40. The molecule has 0 atom stereocenters. The van der Waals surface area contributed by atoms with Crippen LogP contribution in [0.15, 0.2) is 11.1 Å². The number of hydrogen-bond donors (Lipinski definition) is 1. The van der Waals surface area contributed by atoms with Gasteiger partial charge in [-0.2, -0.15) is 9.40 Å². The van der Waals surface area contributed by atoms with Crippen molar-refractivity contribution in [3.63, 3.8) is 0 Å². The lowest BCUT2D eigenvalue weighted by Gasteiger charge is -2.20. The van der Waals surface area contributed by atoms with E-state index in [0.29, 0.717) is 12.2 Å². The molecule has 102 valence electrons. The number of rotatable bonds is 5. The summed E-state index contributed by atoms with van der Waals surface area (Å²) in [5.41, 5.74) is 0.586. The van der Waals surface area contributed by atoms with Crippen LogP contribution in [0.25, 0.3) is 0 Å². The molecule has 0 amide bonds. The van der Waals surface area contributed by atoms with Crippen LogP contribution in [0.1, 0.15) is 18.5 Å². The van der Waals surface area contributed by atoms with Crippen LogP contribution in [-0.4, -0.2) is 61.0 Å². The monoisotopic (exact) mass is 272 g/mol. The molecule has 1 N–H and O–H groups in total. The van der Waals surface area contributed by atoms with Crippen LogP contribution in [0.3, 0.4) is 0 Å². The van der Waals surface area contributed by atoms with E-state index in [4.69, 9.17) is 0 Å². The van der Waals surface area contributed by atoms with Crippen molar-refractivity contribution in [2.45, 2.75) is 24.7 Å². The molecular formula is C11H20N4O2S. The van der Waals surface area contributed by atoms with Gasteiger partial charge in [0.25, 0.3) is 0 Å². The highest BCUT2D eigenvalue weighted by Gasteiger charge is 2.24. The summed E-state index contributed by atoms with van der Waals surface area (Å²) >= 11 is 0. The molecule has 0 unspecified atom stereocenters. The van der Waals surface area contributed by atoms with Gasteiger partial charge in [0, 0.05) is 20.1 Å². The highest BCUT2D eigenvalue weighted by Crippen LogP contribution is 2.16. The number of aryl methyl sites for hydroxylation is 1. The fraction of sp³-hybridized carbons (Fsp3) is 0.727. The SMILES string of the molecule is Cc1[nH]ncc1S(=O)(=O)N(C)CCN1CCCC1. The summed E-state index contributed by atoms with van der Waals surface area (Å²) in [6.45, 7) is 5.20. The van der Waals surface area contributed by atoms with Crippen LogP contribution in [-0.2, 0) is 10.0 Å². The van der Waals surface area contributed by atoms with Crippen LogP contribution < -0.4 is 0 Å². The highest BCUT2D eigenvalue weighted by molar-refractivity contribution is 7.89. The number of aromatic nitrogens is 2. The summed E-state index contributed by atoms with van der Waals surface area (Å²) in [7, 11) is -1.78. The molecule has 1 aliphatic heterocycles. The number of nitrogens with zero attached hydrogens (tertiary/aromatic N) is 3. The number of aromatic amines is 1. The fourth-order valence-electron chi connectivity index (χ4n) is 2.18. The Morgan fingerprint density at radius 3 is 2.67 bits per heavy atom. The molecule has 1 aromatic rings. The summed E-state index contributed by atoms with van der Waals surface area (Å²) < 4.78 is 25.9. The van der Waals surface area contributed by atoms with Crippen molar-refractivity contribution in [2.75, 3.05) is 33.2 Å². The van der Waals surface area contributed by atoms with Crippen molar-refractivity contribution in [1.29, 1.82) is 0 Å². The second-order valence-corrected chi connectivity index (χ2v) is 6.75. The zero-order chi connectivity index (χ0) is 13.2. The first-order valence-corrected chi connectivity index (χ1v) is 7.64. The molecular weight excluding hydrogens is 252 g/mol. The Kier molecular flexibility index (Phi) is 4.04. The van der Waals surface area contributed by atoms with Gasteiger partial charge in [-0.1, -0.05) is 0 Å². The molecule has 6 nitrogen and oxygen atoms in total. The van der Waals surface area contributed by atoms with Crippen molar-refractivity contribution >= 4 is 10.0 Å². The Balaban J connectivity index is 1.99. The molecule has 0 spiro atoms. The minimum atomic E-state index is -3.41. The lowest BCUT2D eigenvalue weighted by molar-refractivity contribution is 0.310. The molecule has 2 rings (SSSR count). The molecule has 0 radical (unpaired) electrons. The van der Waals surface area contributed by atoms with Crippen LogP contribution in [0.2, 0.25) is 0 Å². The smallest absolute Gasteiger partial charge is 0.246 e. The number of H-pyrrole nitrogens is 1. The van der Waals surface area contributed by atoms with E-state index in [0.717, 1.165) is 19.6 Å². The molecule has 1 fully saturated rings. The predicted molar refractivity (Wildman–Crippen MR) is 68.8 cm³/mol. The van der Waals surface area contributed by atoms with E-state index < -0.39 is 10.0 Å². The van der Waals surface area contributed by atoms with Crippen molar-refractivity contribution in [3.05, 3.63) is 11.9 Å². The summed E-state index contributed by atoms with van der Waals surface area (Å²) in [5.74, 6) is 0. The van der Waals surface area contributed by atoms with E-state index in [1.165, 1.54) is 23.3 Å². The molecule has 0 bridgehead atoms. The van der Waals surface area contributed by atoms with E-state index in [2.05, 4.69) is 15.1 Å². The molecule has 1 aromatic heterocycles. The van der Waals surface area contributed by atoms with Gasteiger partial charge in [-0.15, -0.1) is 0 Å². The van der Waals surface area contributed by atoms with Crippen LogP contribution in [0.4, 0.5) is 0 Å². The zero-order valence-electron chi connectivity index (χ0n) is 10.9. The lowest BCUT2D eigenvalue weighted by atomic mass is 10.4. The van der Waals surface area contributed by atoms with Crippen molar-refractivity contribution in [2.24, 2.45) is 0 Å². The van der Waals surface area contributed by atoms with Crippen LogP contribution in [0, 0.1) is 6.92 Å². The Hall–Kier alpha value is -0.920. The van der Waals surface area contributed by atoms with Gasteiger partial charge in [-0.05, 0) is 32.9 Å². The molecule has 7 heteroatoms. The molecule has 1 saturated heterocycles. The quantitative estimate of drug-likeness (QED) is 0.844. The molecule has 0 aromatic carbocycles. The van der Waals surface area contributed by atoms with Crippen molar-refractivity contribution < 1.29 is 8.42 Å². The topological polar surface area (TPSA) is 69.3 Å². The van der Waals surface area contributed by atoms with Crippen LogP contribution >= 0.6 is 0 Å². The maximum Gasteiger partial charge on any atom is 0.246 e. The zero-order valence-corrected chi connectivity index (χ0v) is 11.7. The first-order valence-electron chi connectivity index (χ1n) is 6.20. The number of likely N-dealkylation sites (tertiary alicyclic amines) is 1. The van der Waals surface area contributed by atoms with E-state index in [9.17, 15) is 8.42 Å². The Labute approximate surface area is 108 Å². The minimum Gasteiger partial charge on any atom is -0.302 e. The first kappa shape index (κ1) is 13.5. The lowest BCUT2D eigenvalue weighted by Crippen LogP contribution is -2.35. The third-order valence-corrected chi connectivity index (χ3v) is 5.37. The normalized spacial score (nSPS) is 17.7. The highest BCUT2D eigenvalue weighted by atomic mass is 32.2. The molecule has 1 aliphatic rings. The maximum atomic E-state index is 12.3. The summed E-state index contributed by atoms with van der Waals surface area (Å²) in [5, 5.41) is 6.43. The summed E-state index contributed by atoms with van der Waals surface area (Å²) in [6.07, 6.45) is 3.81. The number of likely N-dealkylation sites (N-methyl/N-ethyl adjacent to an activating group) is 1. The van der Waals surface area contributed by atoms with Crippen LogP contribution in [0.5, 0.6) is 0 Å². The summed E-state index contributed by atoms with van der Waals surface area (Å²) in [4.78, 5) is 2.57. The standard InChI is InChI=1S/C11H20N4O2S/c1-10-11(9-12-13-10)18(16,17)14(2)7-8-15-5-3-4-6-15/h9H,3-8H2,1-2H3,(H,12,13). The number of nitrogens with one attached hydrogen (secondary N) is 1. The van der Waals surface area contributed by atoms with E-state index in [1.807, 2.05) is 0 Å². The Bertz CT molecular complexity index is 491. The Morgan fingerprint density at radius 1 is 1.44 bits per heavy atom. The van der Waals surface area contributed by atoms with Crippen molar-refractivity contribution in [1.82, 2.24) is 19.4 Å². The largest absolute Gasteiger partial charge is 0.302 e. The molecule has 18 heavy (non-hydrogen) atoms. The minimum absolute atomic E-state index is 0.270. The summed E-state index contributed by atoms with van der Waals surface area (Å²) in [6, 6.07) is 0. The second kappa shape index (κ2) is 5.38. The van der Waals surface area contributed by atoms with Gasteiger partial charge in [0.05, 0.1) is 11.9 Å². The fourth-order valence-corrected chi connectivity index (χ4v) is 3.45. The van der Waals surface area contributed by atoms with E-state index in [-0.39, 0.29) is 4.90 Å². The Morgan fingerprint density at radius 2 is 2.11 bits per heavy atom. The van der Waals surface area contributed by atoms with Gasteiger partial charge < -0.3 is 4.90 Å². The third kappa shape index (κ3) is 2.73. The van der Waals surface area contributed by atoms with Crippen molar-refractivity contribution in [3.8, 4) is 0 Å². The first-order chi connectivity index (χ1) is 8.51. The van der Waals surface area contributed by atoms with Gasteiger partial charge >= 0.3 is 0 Å². The van der Waals surface area contributed by atoms with Gasteiger partial charge in [0.1, 0.15) is 4.90 Å². The molecule has 2 heterocycles. The molecule has 0 saturated carbocycles. The number of sulfonamides is 1. The predicted octanol–water partition coefficient (Wildman–Crippen LogP) is 0.434. The van der Waals surface area contributed by atoms with Gasteiger partial charge in [0.2, 0.25) is 10.0 Å². The average Bonchev–Trinajstić information content (AvgIpc) is 2.96. The van der Waals surface area contributed by atoms with Gasteiger partial charge in [-0.3, -0.25) is 5.10 Å². The number of hydrogen-bond acceptors (Lipinski definition) is 4. The molecule has 0 aliphatic carbocycles.